The number of aromatic nitrogens is 1. The van der Waals surface area contributed by atoms with Crippen LogP contribution in [-0.4, -0.2) is 22.3 Å². The van der Waals surface area contributed by atoms with Crippen LogP contribution in [0.1, 0.15) is 21.1 Å². The minimum absolute atomic E-state index is 0.187. The molecule has 0 unspecified atom stereocenters. The summed E-state index contributed by atoms with van der Waals surface area (Å²) in [6.45, 7) is 6.36. The number of carbonyl (C=O) groups excluding carboxylic acids is 1. The third-order valence-electron chi connectivity index (χ3n) is 3.63. The molecule has 128 valence electrons. The molecule has 3 rings (SSSR count). The van der Waals surface area contributed by atoms with E-state index >= 15 is 0 Å². The first kappa shape index (κ1) is 17.5. The van der Waals surface area contributed by atoms with Crippen molar-refractivity contribution in [3.8, 4) is 11.5 Å². The van der Waals surface area contributed by atoms with Crippen molar-refractivity contribution in [1.29, 1.82) is 0 Å². The van der Waals surface area contributed by atoms with Gasteiger partial charge in [-0.25, -0.2) is 4.98 Å². The first-order chi connectivity index (χ1) is 12.1. The van der Waals surface area contributed by atoms with E-state index in [4.69, 9.17) is 16.0 Å². The molecule has 6 heteroatoms. The van der Waals surface area contributed by atoms with E-state index in [0.717, 1.165) is 10.4 Å². The predicted molar refractivity (Wildman–Crippen MR) is 101 cm³/mol. The maximum Gasteiger partial charge on any atom is 0.276 e. The van der Waals surface area contributed by atoms with Crippen LogP contribution >= 0.6 is 22.9 Å². The molecule has 0 atom stereocenters. The molecule has 0 aliphatic rings. The smallest absolute Gasteiger partial charge is 0.276 e. The molecule has 3 aromatic rings. The highest BCUT2D eigenvalue weighted by molar-refractivity contribution is 7.16. The number of thiophene rings is 1. The first-order valence-electron chi connectivity index (χ1n) is 7.75. The summed E-state index contributed by atoms with van der Waals surface area (Å²) >= 11 is 7.44. The van der Waals surface area contributed by atoms with Crippen molar-refractivity contribution in [2.75, 3.05) is 6.54 Å². The van der Waals surface area contributed by atoms with Crippen molar-refractivity contribution >= 4 is 28.8 Å². The molecule has 4 nitrogen and oxygen atoms in total. The third kappa shape index (κ3) is 4.00. The lowest BCUT2D eigenvalue weighted by Gasteiger charge is -2.19. The Balaban J connectivity index is 1.86. The van der Waals surface area contributed by atoms with Crippen molar-refractivity contribution in [1.82, 2.24) is 9.88 Å². The summed E-state index contributed by atoms with van der Waals surface area (Å²) in [5.41, 5.74) is 1.16. The Bertz CT molecular complexity index is 886. The summed E-state index contributed by atoms with van der Waals surface area (Å²) in [5.74, 6) is 0.758. The summed E-state index contributed by atoms with van der Waals surface area (Å²) in [6, 6.07) is 13.3. The fourth-order valence-electron chi connectivity index (χ4n) is 2.45. The van der Waals surface area contributed by atoms with Gasteiger partial charge in [0.2, 0.25) is 5.89 Å². The van der Waals surface area contributed by atoms with Gasteiger partial charge >= 0.3 is 0 Å². The summed E-state index contributed by atoms with van der Waals surface area (Å²) in [7, 11) is 0. The van der Waals surface area contributed by atoms with Crippen molar-refractivity contribution in [2.45, 2.75) is 13.5 Å². The molecular weight excluding hydrogens is 356 g/mol. The van der Waals surface area contributed by atoms with Crippen molar-refractivity contribution in [3.05, 3.63) is 75.8 Å². The second-order valence-electron chi connectivity index (χ2n) is 5.47. The van der Waals surface area contributed by atoms with Gasteiger partial charge < -0.3 is 9.32 Å². The highest BCUT2D eigenvalue weighted by Gasteiger charge is 2.23. The molecular formula is C19H17ClN2O2S. The second-order valence-corrected chi connectivity index (χ2v) is 7.27. The van der Waals surface area contributed by atoms with E-state index in [1.54, 1.807) is 17.9 Å². The van der Waals surface area contributed by atoms with Gasteiger partial charge in [-0.15, -0.1) is 17.9 Å². The van der Waals surface area contributed by atoms with Crippen LogP contribution in [0.15, 0.2) is 59.5 Å². The Kier molecular flexibility index (Phi) is 5.36. The van der Waals surface area contributed by atoms with E-state index in [1.165, 1.54) is 11.3 Å². The molecule has 0 N–H and O–H groups in total. The molecule has 0 fully saturated rings. The number of aryl methyl sites for hydroxylation is 1. The fraction of sp³-hybridized carbons (Fsp3) is 0.158. The van der Waals surface area contributed by atoms with Crippen LogP contribution in [0.25, 0.3) is 11.5 Å². The summed E-state index contributed by atoms with van der Waals surface area (Å²) < 4.78 is 6.40. The van der Waals surface area contributed by atoms with Gasteiger partial charge in [0.1, 0.15) is 5.76 Å². The molecule has 0 aliphatic carbocycles. The van der Waals surface area contributed by atoms with Crippen LogP contribution in [0.3, 0.4) is 0 Å². The molecule has 0 bridgehead atoms. The quantitative estimate of drug-likeness (QED) is 0.559. The molecule has 1 amide bonds. The van der Waals surface area contributed by atoms with Gasteiger partial charge in [-0.3, -0.25) is 4.79 Å². The number of hydrogen-bond acceptors (Lipinski definition) is 4. The predicted octanol–water partition coefficient (Wildman–Crippen LogP) is 5.19. The molecule has 25 heavy (non-hydrogen) atoms. The zero-order chi connectivity index (χ0) is 17.8. The normalized spacial score (nSPS) is 10.6. The zero-order valence-electron chi connectivity index (χ0n) is 13.7. The van der Waals surface area contributed by atoms with Gasteiger partial charge in [-0.05, 0) is 31.2 Å². The molecule has 0 aliphatic heterocycles. The second kappa shape index (κ2) is 7.68. The van der Waals surface area contributed by atoms with E-state index < -0.39 is 0 Å². The number of nitrogens with zero attached hydrogens (tertiary/aromatic N) is 2. The highest BCUT2D eigenvalue weighted by atomic mass is 35.5. The van der Waals surface area contributed by atoms with Crippen LogP contribution in [0.2, 0.25) is 4.34 Å². The summed E-state index contributed by atoms with van der Waals surface area (Å²) in [6.07, 6.45) is 1.70. The molecule has 0 spiro atoms. The number of oxazole rings is 1. The Hall–Kier alpha value is -2.37. The standard InChI is InChI=1S/C19H17ClN2O2S/c1-3-11-22(12-15-9-10-16(20)25-15)19(23)17-13(2)24-18(21-17)14-7-5-4-6-8-14/h3-10H,1,11-12H2,2H3. The Morgan fingerprint density at radius 1 is 1.32 bits per heavy atom. The maximum atomic E-state index is 12.9. The van der Waals surface area contributed by atoms with E-state index in [1.807, 2.05) is 42.5 Å². The van der Waals surface area contributed by atoms with Gasteiger partial charge in [-0.1, -0.05) is 35.9 Å². The average Bonchev–Trinajstić information content (AvgIpc) is 3.20. The lowest BCUT2D eigenvalue weighted by Crippen LogP contribution is -2.31. The van der Waals surface area contributed by atoms with Crippen molar-refractivity contribution in [2.24, 2.45) is 0 Å². The number of hydrogen-bond donors (Lipinski definition) is 0. The lowest BCUT2D eigenvalue weighted by atomic mass is 10.2. The first-order valence-corrected chi connectivity index (χ1v) is 8.95. The summed E-state index contributed by atoms with van der Waals surface area (Å²) in [4.78, 5) is 20.0. The minimum atomic E-state index is -0.187. The Labute approximate surface area is 155 Å². The van der Waals surface area contributed by atoms with Gasteiger partial charge in [0.15, 0.2) is 5.69 Å². The van der Waals surface area contributed by atoms with Gasteiger partial charge in [0.25, 0.3) is 5.91 Å². The Morgan fingerprint density at radius 3 is 2.72 bits per heavy atom. The van der Waals surface area contributed by atoms with Gasteiger partial charge in [0.05, 0.1) is 10.9 Å². The molecule has 0 saturated carbocycles. The Morgan fingerprint density at radius 2 is 2.08 bits per heavy atom. The minimum Gasteiger partial charge on any atom is -0.441 e. The van der Waals surface area contributed by atoms with Crippen molar-refractivity contribution in [3.63, 3.8) is 0 Å². The zero-order valence-corrected chi connectivity index (χ0v) is 15.3. The average molecular weight is 373 g/mol. The number of benzene rings is 1. The lowest BCUT2D eigenvalue weighted by molar-refractivity contribution is 0.0757. The van der Waals surface area contributed by atoms with E-state index in [9.17, 15) is 4.79 Å². The monoisotopic (exact) mass is 372 g/mol. The number of halogens is 1. The van der Waals surface area contributed by atoms with Crippen LogP contribution < -0.4 is 0 Å². The van der Waals surface area contributed by atoms with Crippen LogP contribution in [0.4, 0.5) is 0 Å². The third-order valence-corrected chi connectivity index (χ3v) is 4.85. The molecule has 2 heterocycles. The molecule has 2 aromatic heterocycles. The van der Waals surface area contributed by atoms with E-state index in [2.05, 4.69) is 11.6 Å². The van der Waals surface area contributed by atoms with Crippen LogP contribution in [0, 0.1) is 6.92 Å². The SMILES string of the molecule is C=CCN(Cc1ccc(Cl)s1)C(=O)c1nc(-c2ccccc2)oc1C. The topological polar surface area (TPSA) is 46.3 Å². The van der Waals surface area contributed by atoms with E-state index in [0.29, 0.717) is 34.8 Å². The molecule has 0 radical (unpaired) electrons. The van der Waals surface area contributed by atoms with Crippen molar-refractivity contribution < 1.29 is 9.21 Å². The molecule has 0 saturated heterocycles. The highest BCUT2D eigenvalue weighted by Crippen LogP contribution is 2.25. The van der Waals surface area contributed by atoms with Crippen LogP contribution in [0.5, 0.6) is 0 Å². The van der Waals surface area contributed by atoms with Gasteiger partial charge in [0, 0.05) is 17.0 Å². The number of rotatable bonds is 6. The maximum absolute atomic E-state index is 12.9. The van der Waals surface area contributed by atoms with E-state index in [-0.39, 0.29) is 5.91 Å². The number of carbonyl (C=O) groups is 1. The summed E-state index contributed by atoms with van der Waals surface area (Å²) in [5, 5.41) is 0. The molecule has 1 aromatic carbocycles. The fourth-order valence-corrected chi connectivity index (χ4v) is 3.55. The van der Waals surface area contributed by atoms with Crippen LogP contribution in [-0.2, 0) is 6.54 Å². The van der Waals surface area contributed by atoms with Gasteiger partial charge in [-0.2, -0.15) is 0 Å². The largest absolute Gasteiger partial charge is 0.441 e. The number of amides is 1.